The molecule has 0 saturated carbocycles. The highest BCUT2D eigenvalue weighted by Gasteiger charge is 2.38. The van der Waals surface area contributed by atoms with Gasteiger partial charge in [0.2, 0.25) is 0 Å². The van der Waals surface area contributed by atoms with E-state index in [9.17, 15) is 0 Å². The quantitative estimate of drug-likeness (QED) is 0.188. The second kappa shape index (κ2) is 10.7. The minimum atomic E-state index is -0.0947. The van der Waals surface area contributed by atoms with Gasteiger partial charge in [-0.1, -0.05) is 149 Å². The Labute approximate surface area is 288 Å². The minimum Gasteiger partial charge on any atom is -0.398 e. The molecule has 2 aliphatic carbocycles. The zero-order valence-electron chi connectivity index (χ0n) is 28.5. The summed E-state index contributed by atoms with van der Waals surface area (Å²) >= 11 is 0. The summed E-state index contributed by atoms with van der Waals surface area (Å²) in [6, 6.07) is 48.1. The van der Waals surface area contributed by atoms with E-state index in [4.69, 9.17) is 10.7 Å². The number of aromatic nitrogens is 1. The SMILES string of the molecule is CC1(C)c2ccccc2-c2ccc(/C(N)=C/C(=N\Cn3c4ccccc4c4ccc5c(c43)-c3ccccc3C5(C)C)c3ccccc3)cc21. The van der Waals surface area contributed by atoms with Crippen LogP contribution in [0.25, 0.3) is 49.8 Å². The van der Waals surface area contributed by atoms with E-state index in [0.29, 0.717) is 12.4 Å². The van der Waals surface area contributed by atoms with Gasteiger partial charge >= 0.3 is 0 Å². The molecular formula is C46H39N3. The summed E-state index contributed by atoms with van der Waals surface area (Å²) in [4.78, 5) is 5.38. The van der Waals surface area contributed by atoms with Gasteiger partial charge in [0.25, 0.3) is 0 Å². The molecule has 3 heteroatoms. The fourth-order valence-electron chi connectivity index (χ4n) is 8.57. The highest BCUT2D eigenvalue weighted by molar-refractivity contribution is 6.15. The molecule has 1 aromatic heterocycles. The van der Waals surface area contributed by atoms with Gasteiger partial charge in [-0.25, -0.2) is 0 Å². The van der Waals surface area contributed by atoms with Crippen LogP contribution in [0.3, 0.4) is 0 Å². The number of hydrogen-bond acceptors (Lipinski definition) is 2. The van der Waals surface area contributed by atoms with E-state index in [1.54, 1.807) is 0 Å². The maximum absolute atomic E-state index is 6.98. The van der Waals surface area contributed by atoms with Gasteiger partial charge in [-0.05, 0) is 68.3 Å². The molecule has 0 atom stereocenters. The van der Waals surface area contributed by atoms with Gasteiger partial charge in [0.05, 0.1) is 16.7 Å². The van der Waals surface area contributed by atoms with Crippen LogP contribution in [0.2, 0.25) is 0 Å². The van der Waals surface area contributed by atoms with Crippen molar-refractivity contribution >= 4 is 33.2 Å². The van der Waals surface area contributed by atoms with Crippen LogP contribution in [0.15, 0.2) is 145 Å². The smallest absolute Gasteiger partial charge is 0.115 e. The number of rotatable bonds is 5. The third-order valence-corrected chi connectivity index (χ3v) is 11.1. The fraction of sp³-hybridized carbons (Fsp3) is 0.152. The lowest BCUT2D eigenvalue weighted by molar-refractivity contribution is 0.660. The van der Waals surface area contributed by atoms with Crippen LogP contribution in [0, 0.1) is 0 Å². The van der Waals surface area contributed by atoms with Gasteiger partial charge in [0, 0.05) is 32.9 Å². The molecule has 3 nitrogen and oxygen atoms in total. The zero-order chi connectivity index (χ0) is 33.5. The average molecular weight is 634 g/mol. The molecule has 1 heterocycles. The Bertz CT molecular complexity index is 2520. The molecule has 2 N–H and O–H groups in total. The van der Waals surface area contributed by atoms with E-state index in [1.165, 1.54) is 66.3 Å². The van der Waals surface area contributed by atoms with Crippen molar-refractivity contribution in [1.29, 1.82) is 0 Å². The van der Waals surface area contributed by atoms with E-state index in [1.807, 2.05) is 6.07 Å². The Kier molecular flexibility index (Phi) is 6.42. The molecule has 0 saturated heterocycles. The number of benzene rings is 6. The summed E-state index contributed by atoms with van der Waals surface area (Å²) in [6.07, 6.45) is 2.06. The Morgan fingerprint density at radius 2 is 1.22 bits per heavy atom. The summed E-state index contributed by atoms with van der Waals surface area (Å²) in [5, 5.41) is 2.51. The molecule has 0 fully saturated rings. The van der Waals surface area contributed by atoms with Gasteiger partial charge < -0.3 is 10.3 Å². The summed E-state index contributed by atoms with van der Waals surface area (Å²) in [6.45, 7) is 9.76. The predicted molar refractivity (Wildman–Crippen MR) is 206 cm³/mol. The van der Waals surface area contributed by atoms with Crippen molar-refractivity contribution < 1.29 is 0 Å². The van der Waals surface area contributed by atoms with Crippen LogP contribution in [0.5, 0.6) is 0 Å². The second-order valence-corrected chi connectivity index (χ2v) is 14.6. The van der Waals surface area contributed by atoms with Crippen molar-refractivity contribution in [3.05, 3.63) is 173 Å². The van der Waals surface area contributed by atoms with E-state index < -0.39 is 0 Å². The number of fused-ring (bicyclic) bond motifs is 10. The number of nitrogens with zero attached hydrogens (tertiary/aromatic N) is 2. The topological polar surface area (TPSA) is 43.3 Å². The minimum absolute atomic E-state index is 0.0805. The molecule has 49 heavy (non-hydrogen) atoms. The van der Waals surface area contributed by atoms with E-state index in [0.717, 1.165) is 16.8 Å². The average Bonchev–Trinajstić information content (AvgIpc) is 3.67. The highest BCUT2D eigenvalue weighted by Crippen LogP contribution is 2.52. The van der Waals surface area contributed by atoms with Crippen molar-refractivity contribution in [3.8, 4) is 22.3 Å². The van der Waals surface area contributed by atoms with Crippen LogP contribution in [-0.4, -0.2) is 10.3 Å². The molecule has 0 radical (unpaired) electrons. The lowest BCUT2D eigenvalue weighted by Gasteiger charge is -2.22. The Hall–Kier alpha value is -5.67. The molecule has 9 rings (SSSR count). The first-order valence-electron chi connectivity index (χ1n) is 17.2. The summed E-state index contributed by atoms with van der Waals surface area (Å²) < 4.78 is 2.41. The van der Waals surface area contributed by atoms with E-state index in [-0.39, 0.29) is 10.8 Å². The van der Waals surface area contributed by atoms with Crippen molar-refractivity contribution in [2.45, 2.75) is 45.2 Å². The molecule has 6 aromatic carbocycles. The summed E-state index contributed by atoms with van der Waals surface area (Å²) in [5.74, 6) is 0. The zero-order valence-corrected chi connectivity index (χ0v) is 28.5. The molecule has 0 aliphatic heterocycles. The number of hydrogen-bond donors (Lipinski definition) is 1. The van der Waals surface area contributed by atoms with Crippen LogP contribution in [-0.2, 0) is 17.5 Å². The first-order chi connectivity index (χ1) is 23.7. The molecule has 0 spiro atoms. The first kappa shape index (κ1) is 29.5. The van der Waals surface area contributed by atoms with Gasteiger partial charge in [0.1, 0.15) is 6.67 Å². The van der Waals surface area contributed by atoms with E-state index >= 15 is 0 Å². The fourth-order valence-corrected chi connectivity index (χ4v) is 8.57. The Morgan fingerprint density at radius 3 is 2.02 bits per heavy atom. The van der Waals surface area contributed by atoms with Gasteiger partial charge in [-0.3, -0.25) is 4.99 Å². The van der Waals surface area contributed by atoms with Crippen molar-refractivity contribution in [2.24, 2.45) is 10.7 Å². The maximum atomic E-state index is 6.98. The van der Waals surface area contributed by atoms with Gasteiger partial charge in [-0.15, -0.1) is 0 Å². The predicted octanol–water partition coefficient (Wildman–Crippen LogP) is 10.9. The molecule has 0 bridgehead atoms. The van der Waals surface area contributed by atoms with Crippen LogP contribution >= 0.6 is 0 Å². The number of aliphatic imine (C=N–C) groups is 1. The second-order valence-electron chi connectivity index (χ2n) is 14.6. The first-order valence-corrected chi connectivity index (χ1v) is 17.2. The standard InChI is InChI=1S/C46H39N3/c1-45(2)37-20-12-9-18-35(37)43-38(45)25-24-34-33-17-10-13-21-42(33)49(44(34)43)28-48-41(29-14-6-5-7-15-29)27-40(47)30-22-23-32-31-16-8-11-19-36(31)46(3,4)39(32)26-30/h5-27H,28,47H2,1-4H3/b40-27-,48-41+. The lowest BCUT2D eigenvalue weighted by Crippen LogP contribution is -2.15. The van der Waals surface area contributed by atoms with Crippen molar-refractivity contribution in [3.63, 3.8) is 0 Å². The Morgan fingerprint density at radius 1 is 0.592 bits per heavy atom. The molecular weight excluding hydrogens is 595 g/mol. The third-order valence-electron chi connectivity index (χ3n) is 11.1. The van der Waals surface area contributed by atoms with Crippen LogP contribution < -0.4 is 5.73 Å². The van der Waals surface area contributed by atoms with Gasteiger partial charge in [0.15, 0.2) is 0 Å². The Balaban J connectivity index is 1.20. The molecule has 0 unspecified atom stereocenters. The highest BCUT2D eigenvalue weighted by atomic mass is 15.1. The maximum Gasteiger partial charge on any atom is 0.115 e. The van der Waals surface area contributed by atoms with Crippen LogP contribution in [0.4, 0.5) is 0 Å². The number of allylic oxidation sites excluding steroid dienone is 1. The molecule has 7 aromatic rings. The van der Waals surface area contributed by atoms with Crippen molar-refractivity contribution in [2.75, 3.05) is 0 Å². The van der Waals surface area contributed by atoms with E-state index in [2.05, 4.69) is 166 Å². The molecule has 2 aliphatic rings. The monoisotopic (exact) mass is 633 g/mol. The third kappa shape index (κ3) is 4.31. The summed E-state index contributed by atoms with van der Waals surface area (Å²) in [5.41, 5.74) is 23.5. The molecule has 0 amide bonds. The summed E-state index contributed by atoms with van der Waals surface area (Å²) in [7, 11) is 0. The van der Waals surface area contributed by atoms with Gasteiger partial charge in [-0.2, -0.15) is 0 Å². The number of para-hydroxylation sites is 1. The largest absolute Gasteiger partial charge is 0.398 e. The molecule has 238 valence electrons. The number of nitrogens with two attached hydrogens (primary N) is 1. The normalized spacial score (nSPS) is 15.7. The van der Waals surface area contributed by atoms with Crippen molar-refractivity contribution in [1.82, 2.24) is 4.57 Å². The lowest BCUT2D eigenvalue weighted by atomic mass is 9.82. The van der Waals surface area contributed by atoms with Crippen LogP contribution in [0.1, 0.15) is 61.1 Å².